The van der Waals surface area contributed by atoms with Gasteiger partial charge in [0.1, 0.15) is 16.9 Å². The number of imidazole rings is 1. The molecule has 0 spiro atoms. The maximum absolute atomic E-state index is 13.7. The number of hydrogen-bond acceptors (Lipinski definition) is 8. The Morgan fingerprint density at radius 2 is 1.84 bits per heavy atom. The Morgan fingerprint density at radius 3 is 2.52 bits per heavy atom. The Hall–Kier alpha value is -4.29. The quantitative estimate of drug-likeness (QED) is 0.293. The predicted octanol–water partition coefficient (Wildman–Crippen LogP) is 3.80. The van der Waals surface area contributed by atoms with Crippen molar-refractivity contribution < 1.29 is 17.9 Å². The third kappa shape index (κ3) is 4.15. The minimum atomic E-state index is -3.83. The highest BCUT2D eigenvalue weighted by Crippen LogP contribution is 2.40. The minimum absolute atomic E-state index is 0.0111. The highest BCUT2D eigenvalue weighted by Gasteiger charge is 2.47. The van der Waals surface area contributed by atoms with Gasteiger partial charge in [0.2, 0.25) is 9.84 Å². The molecule has 2 saturated carbocycles. The summed E-state index contributed by atoms with van der Waals surface area (Å²) in [4.78, 5) is 29.4. The molecule has 12 heteroatoms. The Balaban J connectivity index is 1.25. The van der Waals surface area contributed by atoms with Crippen LogP contribution >= 0.6 is 0 Å². The number of fused-ring (bicyclic) bond motifs is 4. The number of aryl methyl sites for hydroxylation is 1. The molecule has 3 fully saturated rings. The van der Waals surface area contributed by atoms with E-state index >= 15 is 0 Å². The van der Waals surface area contributed by atoms with Crippen molar-refractivity contribution in [2.75, 3.05) is 13.7 Å². The molecule has 2 bridgehead atoms. The fraction of sp³-hybridized carbons (Fsp3) is 0.375. The molecule has 3 atom stereocenters. The van der Waals surface area contributed by atoms with Gasteiger partial charge < -0.3 is 24.5 Å². The van der Waals surface area contributed by atoms with Crippen LogP contribution in [0.3, 0.4) is 0 Å². The van der Waals surface area contributed by atoms with Gasteiger partial charge in [-0.1, -0.05) is 0 Å². The molecule has 2 aliphatic carbocycles. The first-order valence-corrected chi connectivity index (χ1v) is 16.5. The van der Waals surface area contributed by atoms with E-state index in [4.69, 9.17) is 20.4 Å². The van der Waals surface area contributed by atoms with Gasteiger partial charge in [-0.2, -0.15) is 0 Å². The normalized spacial score (nSPS) is 21.5. The van der Waals surface area contributed by atoms with Gasteiger partial charge in [0.25, 0.3) is 5.91 Å². The fourth-order valence-electron chi connectivity index (χ4n) is 7.09. The minimum Gasteiger partial charge on any atom is -0.494 e. The summed E-state index contributed by atoms with van der Waals surface area (Å²) in [6.07, 6.45) is 7.15. The second-order valence-corrected chi connectivity index (χ2v) is 14.2. The number of carbonyl (C=O) groups is 1. The molecular weight excluding hydrogens is 578 g/mol. The van der Waals surface area contributed by atoms with Crippen molar-refractivity contribution in [2.24, 2.45) is 24.6 Å². The highest BCUT2D eigenvalue weighted by molar-refractivity contribution is 7.91. The summed E-state index contributed by atoms with van der Waals surface area (Å²) in [5.74, 6) is 2.05. The summed E-state index contributed by atoms with van der Waals surface area (Å²) in [6.45, 7) is 1.39. The van der Waals surface area contributed by atoms with Crippen molar-refractivity contribution in [3.05, 3.63) is 60.4 Å². The van der Waals surface area contributed by atoms with Crippen LogP contribution in [0.5, 0.6) is 5.75 Å². The number of ether oxygens (including phenoxy) is 1. The zero-order valence-electron chi connectivity index (χ0n) is 24.6. The summed E-state index contributed by atoms with van der Waals surface area (Å²) in [5, 5.41) is 0.813. The van der Waals surface area contributed by atoms with E-state index in [9.17, 15) is 13.2 Å². The Morgan fingerprint density at radius 1 is 1.05 bits per heavy atom. The molecule has 4 aromatic heterocycles. The predicted molar refractivity (Wildman–Crippen MR) is 164 cm³/mol. The molecule has 3 unspecified atom stereocenters. The van der Waals surface area contributed by atoms with Crippen molar-refractivity contribution in [2.45, 2.75) is 54.2 Å². The number of carbonyl (C=O) groups excluding carboxylic acids is 1. The summed E-state index contributed by atoms with van der Waals surface area (Å²) in [6, 6.07) is 12.1. The number of rotatable bonds is 7. The number of sulfone groups is 1. The van der Waals surface area contributed by atoms with Gasteiger partial charge in [-0.25, -0.2) is 18.4 Å². The molecule has 8 rings (SSSR count). The SMILES string of the molecule is COc1cc(C(=O)N2CC3CCC2C3N)cc2nc(-c3cc4ccc(S(=O)(=O)c5ccncc5)nc4n3CC3CC3)n(C)c12. The maximum Gasteiger partial charge on any atom is 0.254 e. The van der Waals surface area contributed by atoms with E-state index in [2.05, 4.69) is 9.55 Å². The molecule has 1 aliphatic heterocycles. The second kappa shape index (κ2) is 9.86. The maximum atomic E-state index is 13.7. The van der Waals surface area contributed by atoms with Crippen LogP contribution in [0.4, 0.5) is 0 Å². The standard InChI is InChI=1S/C32H33N7O4S/c1-37-29-23(13-21(15-26(29)43-2)32(40)39-17-20-5-7-24(39)28(20)33)35-31(37)25-14-19-6-8-27(36-30(19)38(25)16-18-3-4-18)44(41,42)22-9-11-34-12-10-22/h6,8-15,18,20,24,28H,3-5,7,16-17,33H2,1-2H3. The van der Waals surface area contributed by atoms with Crippen molar-refractivity contribution in [1.29, 1.82) is 0 Å². The fourth-order valence-corrected chi connectivity index (χ4v) is 8.27. The van der Waals surface area contributed by atoms with Crippen LogP contribution in [-0.2, 0) is 23.4 Å². The number of methoxy groups -OCH3 is 1. The van der Waals surface area contributed by atoms with Crippen molar-refractivity contribution in [1.82, 2.24) is 29.0 Å². The van der Waals surface area contributed by atoms with Crippen LogP contribution in [-0.4, -0.2) is 69.0 Å². The van der Waals surface area contributed by atoms with E-state index in [0.717, 1.165) is 42.3 Å². The van der Waals surface area contributed by atoms with Crippen LogP contribution in [0.2, 0.25) is 0 Å². The van der Waals surface area contributed by atoms with Crippen LogP contribution < -0.4 is 10.5 Å². The molecular formula is C32H33N7O4S. The lowest BCUT2D eigenvalue weighted by atomic mass is 10.1. The first kappa shape index (κ1) is 27.3. The lowest BCUT2D eigenvalue weighted by Gasteiger charge is -2.27. The van der Waals surface area contributed by atoms with Gasteiger partial charge in [0, 0.05) is 55.6 Å². The first-order chi connectivity index (χ1) is 21.2. The number of benzene rings is 1. The average molecular weight is 612 g/mol. The number of nitrogens with two attached hydrogens (primary N) is 1. The Bertz CT molecular complexity index is 2070. The molecule has 3 aliphatic rings. The third-order valence-electron chi connectivity index (χ3n) is 9.64. The third-order valence-corrected chi connectivity index (χ3v) is 11.3. The number of likely N-dealkylation sites (tertiary alicyclic amines) is 1. The van der Waals surface area contributed by atoms with Crippen LogP contribution in [0.1, 0.15) is 36.0 Å². The highest BCUT2D eigenvalue weighted by atomic mass is 32.2. The van der Waals surface area contributed by atoms with Crippen molar-refractivity contribution >= 4 is 37.8 Å². The molecule has 226 valence electrons. The number of pyridine rings is 2. The van der Waals surface area contributed by atoms with Gasteiger partial charge in [-0.05, 0) is 80.0 Å². The van der Waals surface area contributed by atoms with E-state index in [1.165, 1.54) is 24.5 Å². The van der Waals surface area contributed by atoms with E-state index in [0.29, 0.717) is 53.2 Å². The molecule has 1 saturated heterocycles. The molecule has 5 aromatic rings. The summed E-state index contributed by atoms with van der Waals surface area (Å²) in [7, 11) is -0.297. The van der Waals surface area contributed by atoms with E-state index < -0.39 is 9.84 Å². The van der Waals surface area contributed by atoms with Gasteiger partial charge in [-0.15, -0.1) is 0 Å². The molecule has 5 heterocycles. The average Bonchev–Trinajstić information content (AvgIpc) is 3.44. The Labute approximate surface area is 254 Å². The summed E-state index contributed by atoms with van der Waals surface area (Å²) < 4.78 is 36.7. The number of amides is 1. The monoisotopic (exact) mass is 611 g/mol. The van der Waals surface area contributed by atoms with Crippen LogP contribution in [0.15, 0.2) is 64.8 Å². The summed E-state index contributed by atoms with van der Waals surface area (Å²) in [5.41, 5.74) is 9.77. The number of nitrogens with zero attached hydrogens (tertiary/aromatic N) is 6. The molecule has 44 heavy (non-hydrogen) atoms. The molecule has 2 N–H and O–H groups in total. The van der Waals surface area contributed by atoms with Gasteiger partial charge in [0.15, 0.2) is 10.9 Å². The summed E-state index contributed by atoms with van der Waals surface area (Å²) >= 11 is 0. The number of piperidine rings is 1. The van der Waals surface area contributed by atoms with Gasteiger partial charge in [0.05, 0.1) is 23.2 Å². The van der Waals surface area contributed by atoms with Crippen LogP contribution in [0.25, 0.3) is 33.6 Å². The lowest BCUT2D eigenvalue weighted by Crippen LogP contribution is -2.41. The van der Waals surface area contributed by atoms with E-state index in [-0.39, 0.29) is 27.9 Å². The van der Waals surface area contributed by atoms with E-state index in [1.54, 1.807) is 25.3 Å². The molecule has 11 nitrogen and oxygen atoms in total. The number of hydrogen-bond donors (Lipinski definition) is 1. The largest absolute Gasteiger partial charge is 0.494 e. The van der Waals surface area contributed by atoms with E-state index in [1.807, 2.05) is 28.6 Å². The lowest BCUT2D eigenvalue weighted by molar-refractivity contribution is 0.0700. The van der Waals surface area contributed by atoms with Crippen molar-refractivity contribution in [3.8, 4) is 17.3 Å². The smallest absolute Gasteiger partial charge is 0.254 e. The zero-order chi connectivity index (χ0) is 30.3. The number of aromatic nitrogens is 5. The molecule has 0 radical (unpaired) electrons. The van der Waals surface area contributed by atoms with Gasteiger partial charge in [-0.3, -0.25) is 9.78 Å². The van der Waals surface area contributed by atoms with Gasteiger partial charge >= 0.3 is 0 Å². The molecule has 1 aromatic carbocycles. The van der Waals surface area contributed by atoms with Crippen LogP contribution in [0, 0.1) is 11.8 Å². The Kier molecular flexibility index (Phi) is 6.11. The van der Waals surface area contributed by atoms with Crippen molar-refractivity contribution in [3.63, 3.8) is 0 Å². The zero-order valence-corrected chi connectivity index (χ0v) is 25.4. The first-order valence-electron chi connectivity index (χ1n) is 15.0. The second-order valence-electron chi connectivity index (χ2n) is 12.3. The molecule has 1 amide bonds. The topological polar surface area (TPSA) is 138 Å².